The first kappa shape index (κ1) is 25.3. The molecule has 112 valence electrons. The molecule has 0 aromatic carbocycles. The largest absolute Gasteiger partial charge is 2.00 e. The maximum atomic E-state index is 10.1. The smallest absolute Gasteiger partial charge is 0.853 e. The summed E-state index contributed by atoms with van der Waals surface area (Å²) in [6, 6.07) is -0.312. The number of rotatable bonds is 10. The normalized spacial score (nSPS) is 12.9. The maximum absolute atomic E-state index is 10.1. The van der Waals surface area contributed by atoms with E-state index < -0.39 is 0 Å². The second-order valence-electron chi connectivity index (χ2n) is 4.42. The van der Waals surface area contributed by atoms with Crippen LogP contribution in [0, 0.1) is 0 Å². The van der Waals surface area contributed by atoms with Gasteiger partial charge in [0.25, 0.3) is 0 Å². The van der Waals surface area contributed by atoms with E-state index in [1.54, 1.807) is 0 Å². The zero-order valence-electron chi connectivity index (χ0n) is 12.1. The van der Waals surface area contributed by atoms with E-state index in [-0.39, 0.29) is 74.2 Å². The van der Waals surface area contributed by atoms with E-state index in [0.717, 1.165) is 38.5 Å². The molecule has 6 nitrogen and oxygen atoms in total. The predicted molar refractivity (Wildman–Crippen MR) is 77.2 cm³/mol. The van der Waals surface area contributed by atoms with Crippen molar-refractivity contribution in [3.05, 3.63) is 0 Å². The predicted octanol–water partition coefficient (Wildman–Crippen LogP) is -2.77. The molecule has 8 N–H and O–H groups in total. The first-order valence-electron chi connectivity index (χ1n) is 6.69. The average Bonchev–Trinajstić information content (AvgIpc) is 2.39. The van der Waals surface area contributed by atoms with Crippen LogP contribution >= 0.6 is 0 Å². The fraction of sp³-hybridized carbons (Fsp3) is 1.00. The third-order valence-corrected chi connectivity index (χ3v) is 2.49. The molecule has 0 aliphatic heterocycles. The molecule has 0 aromatic rings. The summed E-state index contributed by atoms with van der Waals surface area (Å²) in [5.41, 5.74) is 21.2. The van der Waals surface area contributed by atoms with Crippen molar-refractivity contribution in [3.63, 3.8) is 0 Å². The van der Waals surface area contributed by atoms with E-state index in [9.17, 15) is 10.2 Å². The number of unbranched alkanes of at least 4 members (excludes halogenated alkanes) is 2. The van der Waals surface area contributed by atoms with Crippen LogP contribution in [-0.4, -0.2) is 87.3 Å². The Labute approximate surface area is 157 Å². The van der Waals surface area contributed by atoms with Crippen LogP contribution in [0.15, 0.2) is 0 Å². The first-order chi connectivity index (χ1) is 8.62. The van der Waals surface area contributed by atoms with Gasteiger partial charge < -0.3 is 33.1 Å². The summed E-state index contributed by atoms with van der Waals surface area (Å²) in [4.78, 5) is 0. The quantitative estimate of drug-likeness (QED) is 0.230. The Morgan fingerprint density at radius 2 is 1.00 bits per heavy atom. The second-order valence-corrected chi connectivity index (χ2v) is 4.42. The molecule has 0 aliphatic carbocycles. The minimum atomic E-state index is -0.162. The average molecular weight is 400 g/mol. The van der Waals surface area contributed by atoms with E-state index >= 15 is 0 Å². The van der Waals surface area contributed by atoms with Gasteiger partial charge in [0.1, 0.15) is 0 Å². The second kappa shape index (κ2) is 21.6. The zero-order chi connectivity index (χ0) is 14.2. The molecule has 0 unspecified atom stereocenters. The van der Waals surface area contributed by atoms with Crippen LogP contribution in [0.2, 0.25) is 0 Å². The first-order valence-corrected chi connectivity index (χ1v) is 6.69. The molecule has 0 saturated heterocycles. The van der Waals surface area contributed by atoms with Crippen molar-refractivity contribution in [3.8, 4) is 0 Å². The van der Waals surface area contributed by atoms with Gasteiger partial charge in [-0.3, -0.25) is 0 Å². The molecule has 0 aliphatic rings. The van der Waals surface area contributed by atoms with Crippen molar-refractivity contribution in [2.75, 3.05) is 26.3 Å². The van der Waals surface area contributed by atoms with E-state index in [4.69, 9.17) is 22.9 Å². The molecule has 0 fully saturated rings. The fourth-order valence-corrected chi connectivity index (χ4v) is 1.27. The number of hydrogen-bond acceptors (Lipinski definition) is 6. The standard InChI is InChI=1S/2C6H15N2O.Ba/c2*7-4-2-1-3-6(8)5-9;/h2*6H,1-5,7-8H2;/q2*-1;+2/t2*6-;/m00./s1. The zero-order valence-corrected chi connectivity index (χ0v) is 16.5. The molecular weight excluding hydrogens is 369 g/mol. The van der Waals surface area contributed by atoms with Gasteiger partial charge in [0.15, 0.2) is 0 Å². The van der Waals surface area contributed by atoms with Crippen molar-refractivity contribution in [1.82, 2.24) is 0 Å². The molecule has 0 aromatic heterocycles. The monoisotopic (exact) mass is 400 g/mol. The summed E-state index contributed by atoms with van der Waals surface area (Å²) in [5, 5.41) is 20.1. The Hall–Kier alpha value is 1.33. The number of nitrogens with two attached hydrogens (primary N) is 4. The third-order valence-electron chi connectivity index (χ3n) is 2.49. The van der Waals surface area contributed by atoms with Crippen LogP contribution in [0.5, 0.6) is 0 Å². The summed E-state index contributed by atoms with van der Waals surface area (Å²) in [6.45, 7) is 1.08. The molecule has 2 atom stereocenters. The molecule has 0 saturated carbocycles. The van der Waals surface area contributed by atoms with Crippen LogP contribution in [0.4, 0.5) is 0 Å². The van der Waals surface area contributed by atoms with Gasteiger partial charge in [0.2, 0.25) is 0 Å². The van der Waals surface area contributed by atoms with Crippen LogP contribution < -0.4 is 33.1 Å². The van der Waals surface area contributed by atoms with E-state index in [0.29, 0.717) is 13.1 Å². The van der Waals surface area contributed by atoms with Gasteiger partial charge in [-0.15, -0.1) is 13.2 Å². The molecule has 7 heteroatoms. The molecule has 0 radical (unpaired) electrons. The Bertz CT molecular complexity index is 140. The van der Waals surface area contributed by atoms with Crippen molar-refractivity contribution >= 4 is 48.9 Å². The molecule has 0 spiro atoms. The number of hydrogen-bond donors (Lipinski definition) is 4. The Morgan fingerprint density at radius 1 is 0.684 bits per heavy atom. The molecule has 0 bridgehead atoms. The van der Waals surface area contributed by atoms with Crippen LogP contribution in [0.3, 0.4) is 0 Å². The van der Waals surface area contributed by atoms with Gasteiger partial charge in [-0.25, -0.2) is 0 Å². The summed E-state index contributed by atoms with van der Waals surface area (Å²) >= 11 is 0. The van der Waals surface area contributed by atoms with Crippen LogP contribution in [0.25, 0.3) is 0 Å². The van der Waals surface area contributed by atoms with Crippen LogP contribution in [-0.2, 0) is 0 Å². The van der Waals surface area contributed by atoms with Gasteiger partial charge in [-0.1, -0.05) is 12.8 Å². The fourth-order valence-electron chi connectivity index (χ4n) is 1.27. The minimum Gasteiger partial charge on any atom is -0.853 e. The molecule has 19 heavy (non-hydrogen) atoms. The molecule has 0 rings (SSSR count). The van der Waals surface area contributed by atoms with Crippen LogP contribution in [0.1, 0.15) is 38.5 Å². The Kier molecular flexibility index (Phi) is 28.8. The topological polar surface area (TPSA) is 150 Å². The molecular formula is C12H30BaN4O2. The minimum absolute atomic E-state index is 0. The van der Waals surface area contributed by atoms with Crippen molar-refractivity contribution in [2.45, 2.75) is 50.6 Å². The van der Waals surface area contributed by atoms with E-state index in [2.05, 4.69) is 0 Å². The maximum Gasteiger partial charge on any atom is 2.00 e. The van der Waals surface area contributed by atoms with Crippen molar-refractivity contribution in [1.29, 1.82) is 0 Å². The SMILES string of the molecule is NCCCC[C@H](N)C[O-].NCCCC[C@H](N)C[O-].[Ba+2]. The summed E-state index contributed by atoms with van der Waals surface area (Å²) in [6.07, 6.45) is 5.57. The Morgan fingerprint density at radius 3 is 1.21 bits per heavy atom. The van der Waals surface area contributed by atoms with E-state index in [1.165, 1.54) is 0 Å². The van der Waals surface area contributed by atoms with Crippen molar-refractivity contribution in [2.24, 2.45) is 22.9 Å². The van der Waals surface area contributed by atoms with Crippen molar-refractivity contribution < 1.29 is 10.2 Å². The van der Waals surface area contributed by atoms with Gasteiger partial charge in [-0.2, -0.15) is 0 Å². The molecule has 0 heterocycles. The van der Waals surface area contributed by atoms with E-state index in [1.807, 2.05) is 0 Å². The summed E-state index contributed by atoms with van der Waals surface area (Å²) in [7, 11) is 0. The third kappa shape index (κ3) is 24.7. The van der Waals surface area contributed by atoms with Gasteiger partial charge >= 0.3 is 48.9 Å². The molecule has 0 amide bonds. The van der Waals surface area contributed by atoms with Gasteiger partial charge in [-0.05, 0) is 50.9 Å². The van der Waals surface area contributed by atoms with Gasteiger partial charge in [0, 0.05) is 0 Å². The summed E-state index contributed by atoms with van der Waals surface area (Å²) in [5.74, 6) is 0. The Balaban J connectivity index is -0.000000256. The summed E-state index contributed by atoms with van der Waals surface area (Å²) < 4.78 is 0. The van der Waals surface area contributed by atoms with Gasteiger partial charge in [0.05, 0.1) is 0 Å².